The van der Waals surface area contributed by atoms with Gasteiger partial charge in [0.05, 0.1) is 11.6 Å². The van der Waals surface area contributed by atoms with Crippen molar-refractivity contribution in [3.8, 4) is 0 Å². The highest BCUT2D eigenvalue weighted by Crippen LogP contribution is 2.25. The average molecular weight is 533 g/mol. The number of carbonyl (C=O) groups is 3. The molecule has 0 saturated heterocycles. The lowest BCUT2D eigenvalue weighted by Gasteiger charge is -2.16. The number of amides is 3. The Morgan fingerprint density at radius 3 is 2.23 bits per heavy atom. The van der Waals surface area contributed by atoms with Gasteiger partial charge in [-0.15, -0.1) is 0 Å². The normalized spacial score (nSPS) is 11.7. The summed E-state index contributed by atoms with van der Waals surface area (Å²) in [6, 6.07) is 21.8. The Kier molecular flexibility index (Phi) is 7.02. The number of aromatic nitrogens is 1. The highest BCUT2D eigenvalue weighted by atomic mass is 79.9. The summed E-state index contributed by atoms with van der Waals surface area (Å²) in [4.78, 5) is 38.8. The van der Waals surface area contributed by atoms with Crippen molar-refractivity contribution in [2.24, 2.45) is 0 Å². The van der Waals surface area contributed by atoms with Crippen molar-refractivity contribution >= 4 is 50.2 Å². The van der Waals surface area contributed by atoms with Crippen LogP contribution in [0.3, 0.4) is 0 Å². The van der Waals surface area contributed by atoms with E-state index in [2.05, 4.69) is 32.0 Å². The van der Waals surface area contributed by atoms with E-state index in [4.69, 9.17) is 0 Å². The molecular weight excluding hydrogens is 508 g/mol. The van der Waals surface area contributed by atoms with Gasteiger partial charge >= 0.3 is 11.8 Å². The molecule has 3 N–H and O–H groups in total. The first-order chi connectivity index (χ1) is 16.7. The number of fused-ring (bicyclic) bond motifs is 1. The summed E-state index contributed by atoms with van der Waals surface area (Å²) in [5.74, 6) is -2.09. The molecule has 0 radical (unpaired) electrons. The molecule has 0 fully saturated rings. The summed E-state index contributed by atoms with van der Waals surface area (Å²) in [6.45, 7) is 5.62. The minimum atomic E-state index is -0.880. The molecule has 1 atom stereocenters. The van der Waals surface area contributed by atoms with E-state index in [0.717, 1.165) is 26.5 Å². The molecule has 3 aromatic carbocycles. The third kappa shape index (κ3) is 5.27. The zero-order valence-electron chi connectivity index (χ0n) is 19.6. The van der Waals surface area contributed by atoms with Crippen molar-refractivity contribution in [1.82, 2.24) is 9.99 Å². The number of hydrogen-bond acceptors (Lipinski definition) is 3. The fraction of sp³-hybridized carbons (Fsp3) is 0.148. The van der Waals surface area contributed by atoms with E-state index < -0.39 is 17.7 Å². The topological polar surface area (TPSA) is 92.2 Å². The van der Waals surface area contributed by atoms with Gasteiger partial charge in [-0.3, -0.25) is 19.8 Å². The van der Waals surface area contributed by atoms with Crippen LogP contribution in [0, 0.1) is 13.8 Å². The molecule has 35 heavy (non-hydrogen) atoms. The Labute approximate surface area is 211 Å². The standard InChI is InChI=1S/C27H25BrN4O3/c1-16-8-7-9-17(2)24(16)30-25(33)23-15-20-14-21(28)12-13-22(20)32(23)31-27(35)26(34)29-18(3)19-10-5-4-6-11-19/h4-15,18H,1-3H3,(H,29,34)(H,30,33)(H,31,35)/t18-/m1/s1. The van der Waals surface area contributed by atoms with Gasteiger partial charge in [-0.1, -0.05) is 64.5 Å². The Balaban J connectivity index is 1.62. The quantitative estimate of drug-likeness (QED) is 0.307. The van der Waals surface area contributed by atoms with E-state index in [-0.39, 0.29) is 11.7 Å². The third-order valence-corrected chi connectivity index (χ3v) is 6.28. The summed E-state index contributed by atoms with van der Waals surface area (Å²) < 4.78 is 2.17. The maximum Gasteiger partial charge on any atom is 0.328 e. The van der Waals surface area contributed by atoms with Gasteiger partial charge < -0.3 is 10.6 Å². The second-order valence-electron chi connectivity index (χ2n) is 8.34. The van der Waals surface area contributed by atoms with E-state index >= 15 is 0 Å². The summed E-state index contributed by atoms with van der Waals surface area (Å²) >= 11 is 3.44. The first-order valence-electron chi connectivity index (χ1n) is 11.1. The maximum absolute atomic E-state index is 13.3. The number of anilines is 1. The van der Waals surface area contributed by atoms with Crippen LogP contribution in [0.1, 0.15) is 40.1 Å². The minimum absolute atomic E-state index is 0.193. The monoisotopic (exact) mass is 532 g/mol. The Morgan fingerprint density at radius 1 is 0.857 bits per heavy atom. The van der Waals surface area contributed by atoms with Crippen molar-refractivity contribution < 1.29 is 14.4 Å². The molecular formula is C27H25BrN4O3. The van der Waals surface area contributed by atoms with Crippen LogP contribution in [0.2, 0.25) is 0 Å². The van der Waals surface area contributed by atoms with Crippen LogP contribution >= 0.6 is 15.9 Å². The van der Waals surface area contributed by atoms with Crippen LogP contribution in [0.15, 0.2) is 77.3 Å². The molecule has 4 rings (SSSR count). The van der Waals surface area contributed by atoms with Gasteiger partial charge in [0.2, 0.25) is 0 Å². The molecule has 0 bridgehead atoms. The fourth-order valence-corrected chi connectivity index (χ4v) is 4.28. The highest BCUT2D eigenvalue weighted by molar-refractivity contribution is 9.10. The average Bonchev–Trinajstić information content (AvgIpc) is 3.19. The molecule has 4 aromatic rings. The van der Waals surface area contributed by atoms with Crippen molar-refractivity contribution in [2.45, 2.75) is 26.8 Å². The predicted octanol–water partition coefficient (Wildman–Crippen LogP) is 5.22. The molecule has 178 valence electrons. The summed E-state index contributed by atoms with van der Waals surface area (Å²) in [5.41, 5.74) is 6.78. The largest absolute Gasteiger partial charge is 0.341 e. The van der Waals surface area contributed by atoms with E-state index in [9.17, 15) is 14.4 Å². The summed E-state index contributed by atoms with van der Waals surface area (Å²) in [7, 11) is 0. The Morgan fingerprint density at radius 2 is 1.54 bits per heavy atom. The molecule has 0 saturated carbocycles. The summed E-state index contributed by atoms with van der Waals surface area (Å²) in [5, 5.41) is 6.37. The van der Waals surface area contributed by atoms with Crippen molar-refractivity contribution in [3.63, 3.8) is 0 Å². The molecule has 8 heteroatoms. The van der Waals surface area contributed by atoms with Crippen molar-refractivity contribution in [1.29, 1.82) is 0 Å². The predicted molar refractivity (Wildman–Crippen MR) is 141 cm³/mol. The number of hydrogen-bond donors (Lipinski definition) is 3. The molecule has 1 aromatic heterocycles. The van der Waals surface area contributed by atoms with Gasteiger partial charge in [0.25, 0.3) is 5.91 Å². The SMILES string of the molecule is Cc1cccc(C)c1NC(=O)c1cc2cc(Br)ccc2n1NC(=O)C(=O)N[C@H](C)c1ccccc1. The van der Waals surface area contributed by atoms with Gasteiger partial charge in [0, 0.05) is 15.5 Å². The maximum atomic E-state index is 13.3. The molecule has 0 unspecified atom stereocenters. The Bertz CT molecular complexity index is 1410. The van der Waals surface area contributed by atoms with E-state index in [0.29, 0.717) is 11.2 Å². The van der Waals surface area contributed by atoms with Gasteiger partial charge in [-0.2, -0.15) is 0 Å². The molecule has 0 aliphatic heterocycles. The van der Waals surface area contributed by atoms with Gasteiger partial charge in [0.1, 0.15) is 5.69 Å². The number of nitrogens with zero attached hydrogens (tertiary/aromatic N) is 1. The molecule has 3 amide bonds. The van der Waals surface area contributed by atoms with Crippen LogP contribution in [0.5, 0.6) is 0 Å². The van der Waals surface area contributed by atoms with E-state index in [1.165, 1.54) is 4.68 Å². The van der Waals surface area contributed by atoms with Crippen LogP contribution in [-0.4, -0.2) is 22.4 Å². The number of nitrogens with one attached hydrogen (secondary N) is 3. The van der Waals surface area contributed by atoms with Gasteiger partial charge in [0.15, 0.2) is 0 Å². The first-order valence-corrected chi connectivity index (χ1v) is 11.9. The minimum Gasteiger partial charge on any atom is -0.341 e. The lowest BCUT2D eigenvalue weighted by atomic mass is 10.1. The first kappa shape index (κ1) is 24.2. The van der Waals surface area contributed by atoms with Crippen molar-refractivity contribution in [2.75, 3.05) is 10.7 Å². The van der Waals surface area contributed by atoms with E-state index in [1.54, 1.807) is 25.1 Å². The van der Waals surface area contributed by atoms with Crippen LogP contribution in [0.25, 0.3) is 10.9 Å². The molecule has 0 aliphatic rings. The molecule has 1 heterocycles. The van der Waals surface area contributed by atoms with Crippen LogP contribution in [-0.2, 0) is 9.59 Å². The fourth-order valence-electron chi connectivity index (χ4n) is 3.90. The van der Waals surface area contributed by atoms with E-state index in [1.807, 2.05) is 68.4 Å². The number of para-hydroxylation sites is 1. The zero-order valence-corrected chi connectivity index (χ0v) is 21.1. The Hall–Kier alpha value is -3.91. The molecule has 0 spiro atoms. The number of aryl methyl sites for hydroxylation is 2. The smallest absolute Gasteiger partial charge is 0.328 e. The number of carbonyl (C=O) groups excluding carboxylic acids is 3. The molecule has 0 aliphatic carbocycles. The molecule has 7 nitrogen and oxygen atoms in total. The van der Waals surface area contributed by atoms with Crippen LogP contribution < -0.4 is 16.1 Å². The lowest BCUT2D eigenvalue weighted by Crippen LogP contribution is -2.40. The highest BCUT2D eigenvalue weighted by Gasteiger charge is 2.23. The van der Waals surface area contributed by atoms with Gasteiger partial charge in [-0.25, -0.2) is 4.68 Å². The second kappa shape index (κ2) is 10.1. The zero-order chi connectivity index (χ0) is 25.1. The van der Waals surface area contributed by atoms with Crippen LogP contribution in [0.4, 0.5) is 5.69 Å². The second-order valence-corrected chi connectivity index (χ2v) is 9.25. The third-order valence-electron chi connectivity index (χ3n) is 5.78. The van der Waals surface area contributed by atoms with Gasteiger partial charge in [-0.05, 0) is 61.7 Å². The number of rotatable bonds is 5. The summed E-state index contributed by atoms with van der Waals surface area (Å²) in [6.07, 6.45) is 0. The van der Waals surface area contributed by atoms with Crippen molar-refractivity contribution in [3.05, 3.63) is 99.7 Å². The lowest BCUT2D eigenvalue weighted by molar-refractivity contribution is -0.137. The number of benzene rings is 3. The number of halogens is 1.